The minimum absolute atomic E-state index is 0.694. The second-order valence-electron chi connectivity index (χ2n) is 1.81. The monoisotopic (exact) mass is 178 g/mol. The lowest BCUT2D eigenvalue weighted by Gasteiger charge is -1.80. The molecular formula is C8H12Cl2. The molecule has 58 valence electrons. The lowest BCUT2D eigenvalue weighted by molar-refractivity contribution is 1.22. The third-order valence-corrected chi connectivity index (χ3v) is 1.37. The lowest BCUT2D eigenvalue weighted by atomic mass is 10.3. The van der Waals surface area contributed by atoms with E-state index in [2.05, 4.69) is 0 Å². The van der Waals surface area contributed by atoms with Gasteiger partial charge >= 0.3 is 0 Å². The van der Waals surface area contributed by atoms with Crippen molar-refractivity contribution in [1.82, 2.24) is 0 Å². The van der Waals surface area contributed by atoms with Gasteiger partial charge in [0, 0.05) is 11.8 Å². The van der Waals surface area contributed by atoms with Crippen LogP contribution in [0.4, 0.5) is 0 Å². The third-order valence-electron chi connectivity index (χ3n) is 0.935. The maximum Gasteiger partial charge on any atom is 0.0258 e. The molecular weight excluding hydrogens is 167 g/mol. The van der Waals surface area contributed by atoms with Crippen LogP contribution in [0.2, 0.25) is 0 Å². The number of halogens is 2. The van der Waals surface area contributed by atoms with Crippen LogP contribution in [0, 0.1) is 0 Å². The molecule has 0 N–H and O–H groups in total. The number of alkyl halides is 2. The van der Waals surface area contributed by atoms with E-state index in [0.717, 1.165) is 12.8 Å². The van der Waals surface area contributed by atoms with Crippen LogP contribution in [0.25, 0.3) is 0 Å². The normalized spacial score (nSPS) is 11.8. The molecule has 0 aliphatic carbocycles. The molecule has 0 atom stereocenters. The molecule has 0 radical (unpaired) electrons. The largest absolute Gasteiger partial charge is 0.126 e. The van der Waals surface area contributed by atoms with Crippen molar-refractivity contribution >= 4 is 23.2 Å². The van der Waals surface area contributed by atoms with Crippen LogP contribution in [0.3, 0.4) is 0 Å². The van der Waals surface area contributed by atoms with Crippen LogP contribution < -0.4 is 0 Å². The molecule has 0 saturated carbocycles. The average molecular weight is 179 g/mol. The first kappa shape index (κ1) is 10.1. The van der Waals surface area contributed by atoms with Crippen molar-refractivity contribution in [3.63, 3.8) is 0 Å². The summed E-state index contributed by atoms with van der Waals surface area (Å²) >= 11 is 10.9. The highest BCUT2D eigenvalue weighted by molar-refractivity contribution is 6.18. The third kappa shape index (κ3) is 8.06. The number of allylic oxidation sites excluding steroid dienone is 4. The Morgan fingerprint density at radius 2 is 1.20 bits per heavy atom. The van der Waals surface area contributed by atoms with E-state index >= 15 is 0 Å². The van der Waals surface area contributed by atoms with E-state index in [1.165, 1.54) is 0 Å². The maximum atomic E-state index is 5.45. The second kappa shape index (κ2) is 9.06. The summed E-state index contributed by atoms with van der Waals surface area (Å²) < 4.78 is 0. The Bertz CT molecular complexity index is 91.8. The molecule has 0 aliphatic rings. The summed E-state index contributed by atoms with van der Waals surface area (Å²) in [6.07, 6.45) is 9.94. The predicted molar refractivity (Wildman–Crippen MR) is 49.0 cm³/mol. The van der Waals surface area contributed by atoms with Crippen LogP contribution in [0.15, 0.2) is 24.3 Å². The van der Waals surface area contributed by atoms with Gasteiger partial charge in [-0.1, -0.05) is 24.3 Å². The molecule has 0 aromatic carbocycles. The van der Waals surface area contributed by atoms with Crippen molar-refractivity contribution in [1.29, 1.82) is 0 Å². The predicted octanol–water partition coefficient (Wildman–Crippen LogP) is 3.36. The molecule has 0 fully saturated rings. The van der Waals surface area contributed by atoms with E-state index in [1.54, 1.807) is 0 Å². The molecule has 2 heteroatoms. The first-order chi connectivity index (χ1) is 4.91. The van der Waals surface area contributed by atoms with Crippen LogP contribution in [-0.4, -0.2) is 11.8 Å². The Labute approximate surface area is 72.5 Å². The highest BCUT2D eigenvalue weighted by atomic mass is 35.5. The van der Waals surface area contributed by atoms with E-state index in [4.69, 9.17) is 23.2 Å². The van der Waals surface area contributed by atoms with Crippen LogP contribution in [0.5, 0.6) is 0 Å². The van der Waals surface area contributed by atoms with Crippen molar-refractivity contribution in [3.05, 3.63) is 24.3 Å². The van der Waals surface area contributed by atoms with Gasteiger partial charge in [0.1, 0.15) is 0 Å². The van der Waals surface area contributed by atoms with Gasteiger partial charge in [-0.2, -0.15) is 0 Å². The molecule has 0 heterocycles. The van der Waals surface area contributed by atoms with E-state index in [0.29, 0.717) is 11.8 Å². The minimum atomic E-state index is 0.694. The van der Waals surface area contributed by atoms with Gasteiger partial charge in [-0.05, 0) is 12.8 Å². The number of hydrogen-bond acceptors (Lipinski definition) is 0. The van der Waals surface area contributed by atoms with E-state index in [-0.39, 0.29) is 0 Å². The second-order valence-corrected chi connectivity index (χ2v) is 2.57. The van der Waals surface area contributed by atoms with Gasteiger partial charge < -0.3 is 0 Å². The van der Waals surface area contributed by atoms with Gasteiger partial charge in [-0.25, -0.2) is 0 Å². The first-order valence-corrected chi connectivity index (χ1v) is 4.42. The molecule has 0 aromatic heterocycles. The van der Waals surface area contributed by atoms with E-state index in [1.807, 2.05) is 24.3 Å². The van der Waals surface area contributed by atoms with Crippen molar-refractivity contribution in [2.75, 3.05) is 11.8 Å². The maximum absolute atomic E-state index is 5.45. The standard InChI is InChI=1S/C8H12Cl2/c9-7-5-3-1-2-4-6-8-10/h1-4H,5-8H2. The fraction of sp³-hybridized carbons (Fsp3) is 0.500. The first-order valence-electron chi connectivity index (χ1n) is 3.35. The molecule has 0 saturated heterocycles. The van der Waals surface area contributed by atoms with Gasteiger partial charge in [0.2, 0.25) is 0 Å². The number of hydrogen-bond donors (Lipinski definition) is 0. The van der Waals surface area contributed by atoms with Crippen LogP contribution >= 0.6 is 23.2 Å². The molecule has 0 amide bonds. The van der Waals surface area contributed by atoms with Gasteiger partial charge in [0.15, 0.2) is 0 Å². The molecule has 0 aliphatic heterocycles. The fourth-order valence-corrected chi connectivity index (χ4v) is 0.728. The Morgan fingerprint density at radius 1 is 0.800 bits per heavy atom. The molecule has 0 rings (SSSR count). The molecule has 0 spiro atoms. The molecule has 0 aromatic rings. The SMILES string of the molecule is ClCCC=CC=CCCCl. The summed E-state index contributed by atoms with van der Waals surface area (Å²) in [5, 5.41) is 0. The van der Waals surface area contributed by atoms with E-state index in [9.17, 15) is 0 Å². The molecule has 0 bridgehead atoms. The smallest absolute Gasteiger partial charge is 0.0258 e. The van der Waals surface area contributed by atoms with Gasteiger partial charge in [-0.3, -0.25) is 0 Å². The zero-order valence-electron chi connectivity index (χ0n) is 5.89. The summed E-state index contributed by atoms with van der Waals surface area (Å²) in [5.41, 5.74) is 0. The van der Waals surface area contributed by atoms with Crippen molar-refractivity contribution in [2.45, 2.75) is 12.8 Å². The number of rotatable bonds is 5. The highest BCUT2D eigenvalue weighted by Gasteiger charge is 1.72. The summed E-state index contributed by atoms with van der Waals surface area (Å²) in [6.45, 7) is 0. The van der Waals surface area contributed by atoms with Crippen molar-refractivity contribution < 1.29 is 0 Å². The zero-order chi connectivity index (χ0) is 7.66. The Hall–Kier alpha value is 0.0600. The van der Waals surface area contributed by atoms with Crippen molar-refractivity contribution in [3.8, 4) is 0 Å². The molecule has 0 nitrogen and oxygen atoms in total. The Kier molecular flexibility index (Phi) is 9.11. The summed E-state index contributed by atoms with van der Waals surface area (Å²) in [5.74, 6) is 1.39. The molecule has 10 heavy (non-hydrogen) atoms. The van der Waals surface area contributed by atoms with Gasteiger partial charge in [-0.15, -0.1) is 23.2 Å². The Morgan fingerprint density at radius 3 is 1.50 bits per heavy atom. The summed E-state index contributed by atoms with van der Waals surface area (Å²) in [7, 11) is 0. The average Bonchev–Trinajstić information content (AvgIpc) is 1.97. The Balaban J connectivity index is 3.15. The van der Waals surface area contributed by atoms with Crippen molar-refractivity contribution in [2.24, 2.45) is 0 Å². The van der Waals surface area contributed by atoms with E-state index < -0.39 is 0 Å². The topological polar surface area (TPSA) is 0 Å². The van der Waals surface area contributed by atoms with Crippen LogP contribution in [-0.2, 0) is 0 Å². The van der Waals surface area contributed by atoms with Gasteiger partial charge in [0.25, 0.3) is 0 Å². The highest BCUT2D eigenvalue weighted by Crippen LogP contribution is 1.90. The quantitative estimate of drug-likeness (QED) is 0.448. The molecule has 0 unspecified atom stereocenters. The summed E-state index contributed by atoms with van der Waals surface area (Å²) in [6, 6.07) is 0. The lowest BCUT2D eigenvalue weighted by Crippen LogP contribution is -1.66. The summed E-state index contributed by atoms with van der Waals surface area (Å²) in [4.78, 5) is 0. The zero-order valence-corrected chi connectivity index (χ0v) is 7.41. The van der Waals surface area contributed by atoms with Gasteiger partial charge in [0.05, 0.1) is 0 Å². The fourth-order valence-electron chi connectivity index (χ4n) is 0.476. The minimum Gasteiger partial charge on any atom is -0.126 e. The van der Waals surface area contributed by atoms with Crippen LogP contribution in [0.1, 0.15) is 12.8 Å².